The van der Waals surface area contributed by atoms with E-state index in [0.717, 1.165) is 90.8 Å². The van der Waals surface area contributed by atoms with Crippen LogP contribution in [0.5, 0.6) is 34.5 Å². The molecule has 0 saturated carbocycles. The van der Waals surface area contributed by atoms with Crippen molar-refractivity contribution in [3.05, 3.63) is 179 Å². The number of carbonyl (C=O) groups excluding carboxylic acids is 2. The summed E-state index contributed by atoms with van der Waals surface area (Å²) in [6.07, 6.45) is 2.20. The van der Waals surface area contributed by atoms with Gasteiger partial charge in [0.05, 0.1) is 21.3 Å². The summed E-state index contributed by atoms with van der Waals surface area (Å²) in [5, 5.41) is 21.8. The standard InChI is InChI=1S/C22H23NO3.C20H21NO2.C15H17NO3.4CH4.I2/c1-16(24)23-11-10-19-13-21(26-15-17-6-4-3-5-7-17)12-18-8-9-20(25-2)14-22(18)19;1-22-18-8-7-16-11-19(12-17(9-10-21)20(16)13-18)23-14-15-5-3-2-4-6-15;1-10(17)16-6-5-12-8-13(18)7-11-3-4-14(19-2)9-15(11)12;;;;;1-2/h3-9,12-14H,10-11,15H2,1-2H3,(H,23,24);2-8,11-13H,9-10,14,21H2,1H3;3-4,7-9,18H,5-6H2,1-2H3,(H,16,17);4*1H4;. The van der Waals surface area contributed by atoms with Gasteiger partial charge in [0.1, 0.15) is 47.7 Å². The SMILES string of the molecule is C.C.C.C.COc1ccc2cc(O)cc(CCNC(C)=O)c2c1.COc1ccc2cc(OCc3ccccc3)cc(CCN)c2c1.COc1ccc2cc(OCc3ccccc3)cc(CCNC(C)=O)c2c1.II. The Kier molecular flexibility index (Phi) is 31.1. The number of methoxy groups -OCH3 is 3. The molecule has 0 fully saturated rings. The second kappa shape index (κ2) is 35.0. The van der Waals surface area contributed by atoms with E-state index < -0.39 is 0 Å². The first-order valence-corrected chi connectivity index (χ1v) is 29.0. The van der Waals surface area contributed by atoms with Gasteiger partial charge in [-0.25, -0.2) is 0 Å². The highest BCUT2D eigenvalue weighted by Crippen LogP contribution is 2.32. The van der Waals surface area contributed by atoms with Crippen molar-refractivity contribution in [2.24, 2.45) is 5.73 Å². The number of phenolic OH excluding ortho intramolecular Hbond substituents is 1. The summed E-state index contributed by atoms with van der Waals surface area (Å²) in [5.41, 5.74) is 11.3. The third-order valence-electron chi connectivity index (χ3n) is 11.1. The van der Waals surface area contributed by atoms with Crippen molar-refractivity contribution < 1.29 is 38.4 Å². The molecular weight excluding hydrogens is 1160 g/mol. The summed E-state index contributed by atoms with van der Waals surface area (Å²) in [6.45, 7) is 5.84. The van der Waals surface area contributed by atoms with E-state index in [1.54, 1.807) is 33.5 Å². The van der Waals surface area contributed by atoms with E-state index in [-0.39, 0.29) is 47.3 Å². The fourth-order valence-corrected chi connectivity index (χ4v) is 7.72. The van der Waals surface area contributed by atoms with Gasteiger partial charge in [0.2, 0.25) is 11.8 Å². The maximum atomic E-state index is 11.2. The number of phenols is 1. The molecular formula is C61H77I2N3O8. The lowest BCUT2D eigenvalue weighted by Crippen LogP contribution is -2.22. The molecule has 2 amide bonds. The van der Waals surface area contributed by atoms with Crippen LogP contribution in [-0.2, 0) is 42.1 Å². The molecule has 11 nitrogen and oxygen atoms in total. The summed E-state index contributed by atoms with van der Waals surface area (Å²) in [6, 6.07) is 49.7. The third-order valence-corrected chi connectivity index (χ3v) is 11.1. The molecule has 8 aromatic carbocycles. The van der Waals surface area contributed by atoms with Crippen LogP contribution < -0.4 is 40.1 Å². The number of fused-ring (bicyclic) bond motifs is 3. The fourth-order valence-electron chi connectivity index (χ4n) is 7.72. The van der Waals surface area contributed by atoms with Gasteiger partial charge >= 0.3 is 0 Å². The number of hydrogen-bond acceptors (Lipinski definition) is 9. The summed E-state index contributed by atoms with van der Waals surface area (Å²) < 4.78 is 27.9. The molecule has 0 aliphatic heterocycles. The summed E-state index contributed by atoms with van der Waals surface area (Å²) in [5.74, 6) is 4.30. The maximum absolute atomic E-state index is 11.2. The minimum atomic E-state index is -0.0537. The van der Waals surface area contributed by atoms with Crippen molar-refractivity contribution in [1.82, 2.24) is 10.6 Å². The van der Waals surface area contributed by atoms with Crippen molar-refractivity contribution in [2.45, 2.75) is 76.0 Å². The number of amides is 2. The van der Waals surface area contributed by atoms with Gasteiger partial charge in [-0.1, -0.05) is 109 Å². The molecule has 13 heteroatoms. The lowest BCUT2D eigenvalue weighted by molar-refractivity contribution is -0.119. The predicted octanol–water partition coefficient (Wildman–Crippen LogP) is 14.6. The van der Waals surface area contributed by atoms with E-state index in [1.807, 2.05) is 103 Å². The number of nitrogens with two attached hydrogens (primary N) is 1. The van der Waals surface area contributed by atoms with Crippen molar-refractivity contribution >= 4 is 81.4 Å². The molecule has 0 bridgehead atoms. The Bertz CT molecular complexity index is 2920. The van der Waals surface area contributed by atoms with E-state index in [9.17, 15) is 14.7 Å². The van der Waals surface area contributed by atoms with Crippen LogP contribution >= 0.6 is 37.2 Å². The molecule has 0 aliphatic rings. The minimum Gasteiger partial charge on any atom is -0.508 e. The van der Waals surface area contributed by atoms with Crippen LogP contribution in [0.25, 0.3) is 32.3 Å². The molecule has 0 saturated heterocycles. The lowest BCUT2D eigenvalue weighted by Gasteiger charge is -2.13. The Morgan fingerprint density at radius 2 is 0.824 bits per heavy atom. The van der Waals surface area contributed by atoms with Crippen molar-refractivity contribution in [2.75, 3.05) is 41.0 Å². The molecule has 8 rings (SSSR count). The summed E-state index contributed by atoms with van der Waals surface area (Å²) in [7, 11) is 4.97. The van der Waals surface area contributed by atoms with Gasteiger partial charge in [-0.3, -0.25) is 9.59 Å². The molecule has 0 aromatic heterocycles. The molecule has 0 spiro atoms. The highest BCUT2D eigenvalue weighted by Gasteiger charge is 2.10. The van der Waals surface area contributed by atoms with Gasteiger partial charge in [-0.2, -0.15) is 0 Å². The first-order valence-electron chi connectivity index (χ1n) is 22.7. The van der Waals surface area contributed by atoms with Crippen molar-refractivity contribution in [3.8, 4) is 34.5 Å². The van der Waals surface area contributed by atoms with Crippen LogP contribution in [0.3, 0.4) is 0 Å². The first kappa shape index (κ1) is 65.7. The number of aromatic hydroxyl groups is 1. The van der Waals surface area contributed by atoms with E-state index >= 15 is 0 Å². The number of rotatable bonds is 17. The maximum Gasteiger partial charge on any atom is 0.216 e. The molecule has 0 radical (unpaired) electrons. The first-order chi connectivity index (χ1) is 34.0. The highest BCUT2D eigenvalue weighted by molar-refractivity contribution is 15.0. The molecule has 8 aromatic rings. The average Bonchev–Trinajstić information content (AvgIpc) is 3.38. The number of halogens is 2. The lowest BCUT2D eigenvalue weighted by atomic mass is 10.0. The zero-order valence-corrected chi connectivity index (χ0v) is 44.5. The van der Waals surface area contributed by atoms with Crippen LogP contribution in [0.4, 0.5) is 0 Å². The zero-order valence-electron chi connectivity index (χ0n) is 40.2. The average molecular weight is 1230 g/mol. The van der Waals surface area contributed by atoms with Crippen LogP contribution in [0.2, 0.25) is 0 Å². The minimum absolute atomic E-state index is 0. The van der Waals surface area contributed by atoms with Crippen LogP contribution in [0.1, 0.15) is 71.4 Å². The Hall–Kier alpha value is -6.30. The number of ether oxygens (including phenoxy) is 5. The number of nitrogens with one attached hydrogen (secondary N) is 2. The van der Waals surface area contributed by atoms with E-state index in [4.69, 9.17) is 29.4 Å². The summed E-state index contributed by atoms with van der Waals surface area (Å²) >= 11 is 4.24. The quantitative estimate of drug-likeness (QED) is 0.0653. The van der Waals surface area contributed by atoms with Gasteiger partial charge < -0.3 is 45.2 Å². The van der Waals surface area contributed by atoms with Gasteiger partial charge in [-0.05, 0) is 159 Å². The Balaban J connectivity index is 0.000000537. The highest BCUT2D eigenvalue weighted by atomic mass is 128. The van der Waals surface area contributed by atoms with E-state index in [1.165, 1.54) is 24.8 Å². The molecule has 0 aliphatic carbocycles. The van der Waals surface area contributed by atoms with Crippen LogP contribution in [0.15, 0.2) is 152 Å². The predicted molar refractivity (Wildman–Crippen MR) is 327 cm³/mol. The second-order valence-electron chi connectivity index (χ2n) is 16.1. The molecule has 398 valence electrons. The molecule has 0 unspecified atom stereocenters. The fraction of sp³-hybridized carbons (Fsp3) is 0.279. The van der Waals surface area contributed by atoms with E-state index in [2.05, 4.69) is 84.3 Å². The van der Waals surface area contributed by atoms with Gasteiger partial charge in [-0.15, -0.1) is 0 Å². The molecule has 5 N–H and O–H groups in total. The largest absolute Gasteiger partial charge is 0.508 e. The van der Waals surface area contributed by atoms with E-state index in [0.29, 0.717) is 39.3 Å². The van der Waals surface area contributed by atoms with Gasteiger partial charge in [0, 0.05) is 64.2 Å². The summed E-state index contributed by atoms with van der Waals surface area (Å²) in [4.78, 5) is 22.1. The number of hydrogen-bond donors (Lipinski definition) is 4. The Morgan fingerprint density at radius 1 is 0.473 bits per heavy atom. The molecule has 0 heterocycles. The van der Waals surface area contributed by atoms with Crippen LogP contribution in [-0.4, -0.2) is 57.9 Å². The Labute approximate surface area is 463 Å². The van der Waals surface area contributed by atoms with Crippen molar-refractivity contribution in [3.63, 3.8) is 0 Å². The third kappa shape index (κ3) is 20.5. The zero-order chi connectivity index (χ0) is 50.3. The monoisotopic (exact) mass is 1230 g/mol. The molecule has 74 heavy (non-hydrogen) atoms. The van der Waals surface area contributed by atoms with Crippen molar-refractivity contribution in [1.29, 1.82) is 0 Å². The van der Waals surface area contributed by atoms with Gasteiger partial charge in [0.15, 0.2) is 0 Å². The molecule has 0 atom stereocenters. The Morgan fingerprint density at radius 3 is 1.18 bits per heavy atom. The number of benzene rings is 8. The number of carbonyl (C=O) groups is 2. The van der Waals surface area contributed by atoms with Gasteiger partial charge in [0.25, 0.3) is 0 Å². The smallest absolute Gasteiger partial charge is 0.216 e. The topological polar surface area (TPSA) is 151 Å². The van der Waals surface area contributed by atoms with Crippen LogP contribution in [0, 0.1) is 0 Å². The second-order valence-corrected chi connectivity index (χ2v) is 16.1. The normalized spacial score (nSPS) is 9.78.